The van der Waals surface area contributed by atoms with Gasteiger partial charge in [-0.1, -0.05) is 23.7 Å². The van der Waals surface area contributed by atoms with Crippen LogP contribution in [0, 0.1) is 6.92 Å². The Labute approximate surface area is 193 Å². The molecule has 0 spiro atoms. The van der Waals surface area contributed by atoms with Crippen molar-refractivity contribution in [1.82, 2.24) is 15.3 Å². The molecule has 1 saturated carbocycles. The lowest BCUT2D eigenvalue weighted by Gasteiger charge is -2.30. The first-order valence-corrected chi connectivity index (χ1v) is 11.3. The largest absolute Gasteiger partial charge is 0.362 e. The fourth-order valence-electron chi connectivity index (χ4n) is 4.14. The van der Waals surface area contributed by atoms with Gasteiger partial charge in [-0.15, -0.1) is 0 Å². The second-order valence-corrected chi connectivity index (χ2v) is 8.97. The molecule has 0 saturated heterocycles. The third-order valence-corrected chi connectivity index (χ3v) is 6.07. The minimum Gasteiger partial charge on any atom is -0.362 e. The van der Waals surface area contributed by atoms with Gasteiger partial charge >= 0.3 is 6.03 Å². The number of nitrogens with one attached hydrogen (secondary N) is 3. The summed E-state index contributed by atoms with van der Waals surface area (Å²) in [7, 11) is 3.98. The Morgan fingerprint density at radius 3 is 2.47 bits per heavy atom. The second kappa shape index (κ2) is 9.61. The molecule has 0 atom stereocenters. The zero-order valence-electron chi connectivity index (χ0n) is 18.7. The number of urea groups is 1. The molecule has 2 amide bonds. The molecular weight excluding hydrogens is 424 g/mol. The number of carbonyl (C=O) groups is 1. The van der Waals surface area contributed by atoms with Gasteiger partial charge in [0.05, 0.1) is 5.52 Å². The van der Waals surface area contributed by atoms with E-state index in [9.17, 15) is 4.79 Å². The van der Waals surface area contributed by atoms with Gasteiger partial charge in [-0.05, 0) is 68.5 Å². The van der Waals surface area contributed by atoms with Crippen LogP contribution in [0.15, 0.2) is 42.5 Å². The maximum absolute atomic E-state index is 12.4. The van der Waals surface area contributed by atoms with Crippen LogP contribution >= 0.6 is 11.6 Å². The number of hydrogen-bond donors (Lipinski definition) is 3. The van der Waals surface area contributed by atoms with E-state index >= 15 is 0 Å². The van der Waals surface area contributed by atoms with E-state index in [1.807, 2.05) is 62.3 Å². The van der Waals surface area contributed by atoms with Crippen molar-refractivity contribution in [1.29, 1.82) is 0 Å². The number of amides is 2. The molecule has 8 heteroatoms. The van der Waals surface area contributed by atoms with E-state index in [0.717, 1.165) is 53.7 Å². The molecule has 7 nitrogen and oxygen atoms in total. The van der Waals surface area contributed by atoms with Crippen molar-refractivity contribution in [2.45, 2.75) is 44.7 Å². The molecule has 3 aromatic rings. The number of para-hydroxylation sites is 1. The summed E-state index contributed by atoms with van der Waals surface area (Å²) in [5.74, 6) is 1.56. The predicted octanol–water partition coefficient (Wildman–Crippen LogP) is 5.20. The molecule has 1 aliphatic rings. The van der Waals surface area contributed by atoms with Gasteiger partial charge in [0.15, 0.2) is 0 Å². The van der Waals surface area contributed by atoms with E-state index in [2.05, 4.69) is 16.0 Å². The van der Waals surface area contributed by atoms with Gasteiger partial charge in [0, 0.05) is 42.3 Å². The van der Waals surface area contributed by atoms with Crippen molar-refractivity contribution in [2.24, 2.45) is 0 Å². The number of rotatable bonds is 5. The van der Waals surface area contributed by atoms with Crippen LogP contribution in [0.1, 0.15) is 31.2 Å². The highest BCUT2D eigenvalue weighted by Crippen LogP contribution is 2.26. The SMILES string of the molecule is Cc1cc(Cl)ccc1NC(=O)N[C@H]1CC[C@@H](Nc2nc(N(C)C)c3ccccc3n2)CC1. The highest BCUT2D eigenvalue weighted by molar-refractivity contribution is 6.30. The number of fused-ring (bicyclic) bond motifs is 1. The van der Waals surface area contributed by atoms with Crippen molar-refractivity contribution in [3.05, 3.63) is 53.1 Å². The van der Waals surface area contributed by atoms with Crippen molar-refractivity contribution >= 4 is 46.0 Å². The van der Waals surface area contributed by atoms with Gasteiger partial charge in [-0.2, -0.15) is 4.98 Å². The van der Waals surface area contributed by atoms with Crippen molar-refractivity contribution in [2.75, 3.05) is 29.6 Å². The molecular formula is C24H29ClN6O. The van der Waals surface area contributed by atoms with Crippen LogP contribution in [0.4, 0.5) is 22.2 Å². The van der Waals surface area contributed by atoms with E-state index in [1.165, 1.54) is 0 Å². The molecule has 168 valence electrons. The van der Waals surface area contributed by atoms with Crippen LogP contribution < -0.4 is 20.9 Å². The second-order valence-electron chi connectivity index (χ2n) is 8.53. The Kier molecular flexibility index (Phi) is 6.65. The van der Waals surface area contributed by atoms with E-state index in [0.29, 0.717) is 11.0 Å². The van der Waals surface area contributed by atoms with Gasteiger partial charge in [0.1, 0.15) is 5.82 Å². The number of hydrogen-bond acceptors (Lipinski definition) is 5. The Bertz CT molecular complexity index is 1110. The Hall–Kier alpha value is -3.06. The number of carbonyl (C=O) groups excluding carboxylic acids is 1. The summed E-state index contributed by atoms with van der Waals surface area (Å²) in [5.41, 5.74) is 2.64. The molecule has 3 N–H and O–H groups in total. The van der Waals surface area contributed by atoms with Crippen LogP contribution in [0.25, 0.3) is 10.9 Å². The standard InChI is InChI=1S/C24H29ClN6O/c1-15-14-16(25)8-13-20(15)29-24(32)27-18-11-9-17(10-12-18)26-23-28-21-7-5-4-6-19(21)22(30-23)31(2)3/h4-8,13-14,17-18H,9-12H2,1-3H3,(H,26,28,30)(H2,27,29,32)/t17-,18+. The van der Waals surface area contributed by atoms with E-state index in [1.54, 1.807) is 6.07 Å². The first-order chi connectivity index (χ1) is 15.4. The maximum atomic E-state index is 12.4. The van der Waals surface area contributed by atoms with Crippen LogP contribution in [-0.2, 0) is 0 Å². The summed E-state index contributed by atoms with van der Waals surface area (Å²) in [6, 6.07) is 13.7. The van der Waals surface area contributed by atoms with Crippen LogP contribution in [0.2, 0.25) is 5.02 Å². The summed E-state index contributed by atoms with van der Waals surface area (Å²) in [4.78, 5) is 23.9. The zero-order chi connectivity index (χ0) is 22.7. The van der Waals surface area contributed by atoms with Gasteiger partial charge < -0.3 is 20.9 Å². The van der Waals surface area contributed by atoms with E-state index in [4.69, 9.17) is 21.6 Å². The average molecular weight is 453 g/mol. The molecule has 32 heavy (non-hydrogen) atoms. The van der Waals surface area contributed by atoms with Gasteiger partial charge in [-0.25, -0.2) is 9.78 Å². The minimum absolute atomic E-state index is 0.149. The number of halogens is 1. The molecule has 0 bridgehead atoms. The molecule has 2 aromatic carbocycles. The summed E-state index contributed by atoms with van der Waals surface area (Å²) in [6.45, 7) is 1.93. The summed E-state index contributed by atoms with van der Waals surface area (Å²) in [5, 5.41) is 11.2. The lowest BCUT2D eigenvalue weighted by Crippen LogP contribution is -2.42. The molecule has 0 radical (unpaired) electrons. The van der Waals surface area contributed by atoms with Gasteiger partial charge in [0.25, 0.3) is 0 Å². The summed E-state index contributed by atoms with van der Waals surface area (Å²) < 4.78 is 0. The molecule has 1 aliphatic carbocycles. The Morgan fingerprint density at radius 2 is 1.75 bits per heavy atom. The Morgan fingerprint density at radius 1 is 1.03 bits per heavy atom. The normalized spacial score (nSPS) is 18.2. The fraction of sp³-hybridized carbons (Fsp3) is 0.375. The smallest absolute Gasteiger partial charge is 0.319 e. The van der Waals surface area contributed by atoms with Crippen molar-refractivity contribution in [3.8, 4) is 0 Å². The van der Waals surface area contributed by atoms with E-state index in [-0.39, 0.29) is 18.1 Å². The lowest BCUT2D eigenvalue weighted by molar-refractivity contribution is 0.243. The predicted molar refractivity (Wildman–Crippen MR) is 132 cm³/mol. The third kappa shape index (κ3) is 5.22. The van der Waals surface area contributed by atoms with Gasteiger partial charge in [-0.3, -0.25) is 0 Å². The molecule has 1 fully saturated rings. The molecule has 0 unspecified atom stereocenters. The summed E-state index contributed by atoms with van der Waals surface area (Å²) >= 11 is 5.99. The van der Waals surface area contributed by atoms with Crippen LogP contribution in [0.3, 0.4) is 0 Å². The lowest BCUT2D eigenvalue weighted by atomic mass is 9.91. The number of aromatic nitrogens is 2. The summed E-state index contributed by atoms with van der Waals surface area (Å²) in [6.07, 6.45) is 3.69. The minimum atomic E-state index is -0.180. The number of aryl methyl sites for hydroxylation is 1. The number of benzene rings is 2. The fourth-order valence-corrected chi connectivity index (χ4v) is 4.37. The van der Waals surface area contributed by atoms with Gasteiger partial charge in [0.2, 0.25) is 5.95 Å². The molecule has 1 heterocycles. The maximum Gasteiger partial charge on any atom is 0.319 e. The Balaban J connectivity index is 1.32. The molecule has 0 aliphatic heterocycles. The van der Waals surface area contributed by atoms with E-state index < -0.39 is 0 Å². The molecule has 1 aromatic heterocycles. The zero-order valence-corrected chi connectivity index (χ0v) is 19.4. The quantitative estimate of drug-likeness (QED) is 0.495. The molecule has 4 rings (SSSR count). The van der Waals surface area contributed by atoms with Crippen molar-refractivity contribution in [3.63, 3.8) is 0 Å². The monoisotopic (exact) mass is 452 g/mol. The van der Waals surface area contributed by atoms with Crippen LogP contribution in [0.5, 0.6) is 0 Å². The highest BCUT2D eigenvalue weighted by atomic mass is 35.5. The van der Waals surface area contributed by atoms with Crippen molar-refractivity contribution < 1.29 is 4.79 Å². The average Bonchev–Trinajstić information content (AvgIpc) is 2.76. The third-order valence-electron chi connectivity index (χ3n) is 5.84. The first kappa shape index (κ1) is 22.1. The number of anilines is 3. The first-order valence-electron chi connectivity index (χ1n) is 10.9. The topological polar surface area (TPSA) is 82.2 Å². The van der Waals surface area contributed by atoms with Crippen LogP contribution in [-0.4, -0.2) is 42.2 Å². The number of nitrogens with zero attached hydrogens (tertiary/aromatic N) is 3. The highest BCUT2D eigenvalue weighted by Gasteiger charge is 2.23.